The average Bonchev–Trinajstić information content (AvgIpc) is 2.27. The van der Waals surface area contributed by atoms with Gasteiger partial charge in [-0.15, -0.1) is 0 Å². The predicted octanol–water partition coefficient (Wildman–Crippen LogP) is 2.81. The van der Waals surface area contributed by atoms with Gasteiger partial charge in [0.15, 0.2) is 0 Å². The Balaban J connectivity index is 3.15. The maximum atomic E-state index is 5.31. The molecule has 0 bridgehead atoms. The lowest BCUT2D eigenvalue weighted by Crippen LogP contribution is -2.09. The van der Waals surface area contributed by atoms with E-state index in [0.29, 0.717) is 11.8 Å². The SMILES string of the molecule is CCc1nc(CC(C)C)c(OC)nc1CC. The van der Waals surface area contributed by atoms with Gasteiger partial charge in [-0.1, -0.05) is 27.7 Å². The highest BCUT2D eigenvalue weighted by Crippen LogP contribution is 2.20. The molecule has 3 heteroatoms. The summed E-state index contributed by atoms with van der Waals surface area (Å²) in [5, 5.41) is 0. The van der Waals surface area contributed by atoms with Crippen LogP contribution in [-0.4, -0.2) is 17.1 Å². The first-order chi connectivity index (χ1) is 7.62. The summed E-state index contributed by atoms with van der Waals surface area (Å²) in [6.07, 6.45) is 2.77. The number of hydrogen-bond acceptors (Lipinski definition) is 3. The molecule has 0 fully saturated rings. The van der Waals surface area contributed by atoms with Gasteiger partial charge in [0.2, 0.25) is 5.88 Å². The van der Waals surface area contributed by atoms with Gasteiger partial charge in [0, 0.05) is 0 Å². The molecule has 1 aromatic rings. The zero-order valence-corrected chi connectivity index (χ0v) is 11.0. The van der Waals surface area contributed by atoms with Crippen molar-refractivity contribution in [3.8, 4) is 5.88 Å². The summed E-state index contributed by atoms with van der Waals surface area (Å²) in [6, 6.07) is 0. The molecule has 0 aliphatic heterocycles. The molecule has 1 rings (SSSR count). The Morgan fingerprint density at radius 2 is 1.56 bits per heavy atom. The van der Waals surface area contributed by atoms with Crippen molar-refractivity contribution in [2.75, 3.05) is 7.11 Å². The summed E-state index contributed by atoms with van der Waals surface area (Å²) in [7, 11) is 1.67. The Labute approximate surface area is 98.3 Å². The summed E-state index contributed by atoms with van der Waals surface area (Å²) in [4.78, 5) is 9.23. The van der Waals surface area contributed by atoms with Gasteiger partial charge in [-0.3, -0.25) is 4.98 Å². The molecule has 90 valence electrons. The fourth-order valence-electron chi connectivity index (χ4n) is 1.78. The number of ether oxygens (including phenoxy) is 1. The summed E-state index contributed by atoms with van der Waals surface area (Å²) >= 11 is 0. The second-order valence-corrected chi connectivity index (χ2v) is 4.38. The molecule has 0 spiro atoms. The minimum Gasteiger partial charge on any atom is -0.480 e. The largest absolute Gasteiger partial charge is 0.480 e. The third-order valence-electron chi connectivity index (χ3n) is 2.55. The van der Waals surface area contributed by atoms with Crippen molar-refractivity contribution >= 4 is 0 Å². The van der Waals surface area contributed by atoms with Crippen molar-refractivity contribution in [1.82, 2.24) is 9.97 Å². The highest BCUT2D eigenvalue weighted by atomic mass is 16.5. The fraction of sp³-hybridized carbons (Fsp3) is 0.692. The molecule has 0 saturated heterocycles. The molecular formula is C13H22N2O. The van der Waals surface area contributed by atoms with Crippen LogP contribution in [0.2, 0.25) is 0 Å². The van der Waals surface area contributed by atoms with E-state index in [2.05, 4.69) is 37.7 Å². The molecule has 3 nitrogen and oxygen atoms in total. The van der Waals surface area contributed by atoms with E-state index in [4.69, 9.17) is 4.74 Å². The van der Waals surface area contributed by atoms with Gasteiger partial charge < -0.3 is 4.74 Å². The zero-order valence-electron chi connectivity index (χ0n) is 11.0. The fourth-order valence-corrected chi connectivity index (χ4v) is 1.78. The maximum Gasteiger partial charge on any atom is 0.235 e. The van der Waals surface area contributed by atoms with Gasteiger partial charge in [0.1, 0.15) is 5.69 Å². The minimum absolute atomic E-state index is 0.570. The smallest absolute Gasteiger partial charge is 0.235 e. The monoisotopic (exact) mass is 222 g/mol. The van der Waals surface area contributed by atoms with Crippen LogP contribution < -0.4 is 4.74 Å². The van der Waals surface area contributed by atoms with Crippen molar-refractivity contribution in [2.45, 2.75) is 47.0 Å². The van der Waals surface area contributed by atoms with Gasteiger partial charge >= 0.3 is 0 Å². The average molecular weight is 222 g/mol. The molecule has 16 heavy (non-hydrogen) atoms. The van der Waals surface area contributed by atoms with Gasteiger partial charge in [0.05, 0.1) is 18.5 Å². The first-order valence-corrected chi connectivity index (χ1v) is 6.04. The van der Waals surface area contributed by atoms with E-state index in [1.165, 1.54) is 0 Å². The van der Waals surface area contributed by atoms with Crippen LogP contribution in [-0.2, 0) is 19.3 Å². The number of methoxy groups -OCH3 is 1. The van der Waals surface area contributed by atoms with Crippen LogP contribution >= 0.6 is 0 Å². The molecular weight excluding hydrogens is 200 g/mol. The van der Waals surface area contributed by atoms with Crippen LogP contribution in [0, 0.1) is 5.92 Å². The lowest BCUT2D eigenvalue weighted by atomic mass is 10.1. The summed E-state index contributed by atoms with van der Waals surface area (Å²) < 4.78 is 5.31. The Morgan fingerprint density at radius 3 is 2.00 bits per heavy atom. The van der Waals surface area contributed by atoms with Gasteiger partial charge in [-0.25, -0.2) is 4.98 Å². The highest BCUT2D eigenvalue weighted by molar-refractivity contribution is 5.25. The van der Waals surface area contributed by atoms with E-state index in [1.807, 2.05) is 0 Å². The molecule has 0 amide bonds. The molecule has 1 aromatic heterocycles. The minimum atomic E-state index is 0.570. The summed E-state index contributed by atoms with van der Waals surface area (Å²) in [5.74, 6) is 1.27. The van der Waals surface area contributed by atoms with Crippen LogP contribution in [0.4, 0.5) is 0 Å². The van der Waals surface area contributed by atoms with E-state index < -0.39 is 0 Å². The molecule has 0 unspecified atom stereocenters. The first-order valence-electron chi connectivity index (χ1n) is 6.04. The first kappa shape index (κ1) is 12.9. The zero-order chi connectivity index (χ0) is 12.1. The third kappa shape index (κ3) is 2.94. The van der Waals surface area contributed by atoms with Crippen LogP contribution in [0.1, 0.15) is 44.8 Å². The van der Waals surface area contributed by atoms with Crippen molar-refractivity contribution in [3.63, 3.8) is 0 Å². The number of aromatic nitrogens is 2. The molecule has 0 N–H and O–H groups in total. The topological polar surface area (TPSA) is 35.0 Å². The van der Waals surface area contributed by atoms with E-state index in [9.17, 15) is 0 Å². The third-order valence-corrected chi connectivity index (χ3v) is 2.55. The molecule has 0 radical (unpaired) electrons. The summed E-state index contributed by atoms with van der Waals surface area (Å²) in [5.41, 5.74) is 3.16. The van der Waals surface area contributed by atoms with E-state index in [0.717, 1.165) is 36.3 Å². The van der Waals surface area contributed by atoms with E-state index in [1.54, 1.807) is 7.11 Å². The number of aryl methyl sites for hydroxylation is 2. The van der Waals surface area contributed by atoms with E-state index >= 15 is 0 Å². The maximum absolute atomic E-state index is 5.31. The van der Waals surface area contributed by atoms with Gasteiger partial charge in [-0.05, 0) is 25.2 Å². The lowest BCUT2D eigenvalue weighted by molar-refractivity contribution is 0.383. The number of hydrogen-bond donors (Lipinski definition) is 0. The Hall–Kier alpha value is -1.12. The Kier molecular flexibility index (Phi) is 4.71. The molecule has 0 aromatic carbocycles. The molecule has 0 saturated carbocycles. The molecule has 0 aliphatic rings. The Morgan fingerprint density at radius 1 is 1.00 bits per heavy atom. The van der Waals surface area contributed by atoms with E-state index in [-0.39, 0.29) is 0 Å². The van der Waals surface area contributed by atoms with Gasteiger partial charge in [0.25, 0.3) is 0 Å². The second kappa shape index (κ2) is 5.83. The standard InChI is InChI=1S/C13H22N2O/c1-6-10-11(7-2)15-13(16-5)12(14-10)8-9(3)4/h9H,6-8H2,1-5H3. The quantitative estimate of drug-likeness (QED) is 0.768. The summed E-state index contributed by atoms with van der Waals surface area (Å²) in [6.45, 7) is 8.58. The number of rotatable bonds is 5. The van der Waals surface area contributed by atoms with Crippen molar-refractivity contribution in [2.24, 2.45) is 5.92 Å². The van der Waals surface area contributed by atoms with Gasteiger partial charge in [-0.2, -0.15) is 0 Å². The van der Waals surface area contributed by atoms with Crippen LogP contribution in [0.5, 0.6) is 5.88 Å². The Bertz CT molecular complexity index is 348. The van der Waals surface area contributed by atoms with Crippen LogP contribution in [0.15, 0.2) is 0 Å². The molecule has 0 aliphatic carbocycles. The normalized spacial score (nSPS) is 10.9. The highest BCUT2D eigenvalue weighted by Gasteiger charge is 2.13. The van der Waals surface area contributed by atoms with Crippen molar-refractivity contribution in [3.05, 3.63) is 17.1 Å². The number of nitrogens with zero attached hydrogens (tertiary/aromatic N) is 2. The van der Waals surface area contributed by atoms with Crippen LogP contribution in [0.25, 0.3) is 0 Å². The predicted molar refractivity (Wildman–Crippen MR) is 65.9 cm³/mol. The van der Waals surface area contributed by atoms with Crippen molar-refractivity contribution in [1.29, 1.82) is 0 Å². The molecule has 0 atom stereocenters. The van der Waals surface area contributed by atoms with Crippen molar-refractivity contribution < 1.29 is 4.74 Å². The lowest BCUT2D eigenvalue weighted by Gasteiger charge is -2.13. The molecule has 1 heterocycles. The second-order valence-electron chi connectivity index (χ2n) is 4.38. The van der Waals surface area contributed by atoms with Crippen LogP contribution in [0.3, 0.4) is 0 Å².